The molecular weight excluding hydrogens is 285 g/mol. The van der Waals surface area contributed by atoms with Gasteiger partial charge >= 0.3 is 10.1 Å². The van der Waals surface area contributed by atoms with E-state index in [1.54, 1.807) is 6.92 Å². The summed E-state index contributed by atoms with van der Waals surface area (Å²) < 4.78 is 41.7. The molecule has 0 spiro atoms. The first-order valence-corrected chi connectivity index (χ1v) is 7.01. The highest BCUT2D eigenvalue weighted by molar-refractivity contribution is 7.86. The van der Waals surface area contributed by atoms with Gasteiger partial charge in [-0.15, -0.1) is 11.6 Å². The summed E-state index contributed by atoms with van der Waals surface area (Å²) in [5.74, 6) is 0. The van der Waals surface area contributed by atoms with Gasteiger partial charge in [0, 0.05) is 17.8 Å². The third kappa shape index (κ3) is 2.73. The van der Waals surface area contributed by atoms with Crippen LogP contribution < -0.4 is 5.56 Å². The molecule has 0 bridgehead atoms. The predicted octanol–water partition coefficient (Wildman–Crippen LogP) is 1.46. The molecule has 3 unspecified atom stereocenters. The minimum Gasteiger partial charge on any atom is -0.329 e. The molecule has 1 aromatic rings. The first-order valence-electron chi connectivity index (χ1n) is 5.16. The van der Waals surface area contributed by atoms with Crippen molar-refractivity contribution < 1.29 is 17.0 Å². The third-order valence-corrected chi connectivity index (χ3v) is 4.34. The maximum absolute atomic E-state index is 13.8. The fourth-order valence-electron chi connectivity index (χ4n) is 1.42. The Hall–Kier alpha value is -0.920. The number of hydrogen-bond acceptors (Lipinski definition) is 4. The first-order chi connectivity index (χ1) is 8.22. The zero-order valence-electron chi connectivity index (χ0n) is 9.39. The smallest absolute Gasteiger partial charge is 0.304 e. The van der Waals surface area contributed by atoms with Gasteiger partial charge < -0.3 is 4.98 Å². The highest BCUT2D eigenvalue weighted by atomic mass is 35.5. The van der Waals surface area contributed by atoms with Crippen molar-refractivity contribution in [3.8, 4) is 0 Å². The quantitative estimate of drug-likeness (QED) is 0.674. The number of alkyl halides is 2. The lowest BCUT2D eigenvalue weighted by molar-refractivity contribution is 0.268. The summed E-state index contributed by atoms with van der Waals surface area (Å²) in [5.41, 5.74) is -3.25. The Bertz CT molecular complexity index is 612. The fraction of sp³-hybridized carbons (Fsp3) is 0.500. The van der Waals surface area contributed by atoms with E-state index in [0.29, 0.717) is 6.42 Å². The normalized spacial score (nSPS) is 28.9. The van der Waals surface area contributed by atoms with Gasteiger partial charge in [-0.2, -0.15) is 8.42 Å². The molecule has 0 radical (unpaired) electrons. The van der Waals surface area contributed by atoms with Crippen LogP contribution in [0.3, 0.4) is 0 Å². The van der Waals surface area contributed by atoms with Gasteiger partial charge in [0.1, 0.15) is 0 Å². The van der Waals surface area contributed by atoms with Crippen LogP contribution in [-0.2, 0) is 14.3 Å². The maximum Gasteiger partial charge on any atom is 0.304 e. The van der Waals surface area contributed by atoms with Crippen LogP contribution in [0.4, 0.5) is 4.39 Å². The van der Waals surface area contributed by atoms with Gasteiger partial charge in [0.25, 0.3) is 5.50 Å². The number of aromatic nitrogens is 1. The van der Waals surface area contributed by atoms with E-state index in [1.165, 1.54) is 12.3 Å². The average molecular weight is 296 g/mol. The second kappa shape index (κ2) is 4.32. The molecule has 5 nitrogen and oxygen atoms in total. The Kier molecular flexibility index (Phi) is 3.25. The standard InChI is InChI=1S/C10H11ClFNO4S/c1-10(11)5-7(10)17-18(15,16)9(12)6-2-3-13-8(14)4-6/h2-4,7,9H,5H2,1H3,(H,13,14). The molecule has 0 amide bonds. The molecule has 3 atom stereocenters. The molecule has 8 heteroatoms. The zero-order chi connectivity index (χ0) is 13.6. The largest absolute Gasteiger partial charge is 0.329 e. The molecule has 1 aliphatic rings. The Morgan fingerprint density at radius 3 is 2.78 bits per heavy atom. The number of halogens is 2. The minimum atomic E-state index is -4.44. The van der Waals surface area contributed by atoms with E-state index in [1.807, 2.05) is 0 Å². The molecule has 0 aromatic carbocycles. The van der Waals surface area contributed by atoms with Crippen LogP contribution in [0.5, 0.6) is 0 Å². The van der Waals surface area contributed by atoms with Crippen LogP contribution in [0.25, 0.3) is 0 Å². The Morgan fingerprint density at radius 1 is 1.67 bits per heavy atom. The first kappa shape index (κ1) is 13.5. The number of H-pyrrole nitrogens is 1. The van der Waals surface area contributed by atoms with Crippen molar-refractivity contribution in [2.24, 2.45) is 0 Å². The van der Waals surface area contributed by atoms with Crippen molar-refractivity contribution in [2.45, 2.75) is 29.8 Å². The van der Waals surface area contributed by atoms with E-state index in [0.717, 1.165) is 6.07 Å². The lowest BCUT2D eigenvalue weighted by Gasteiger charge is -2.10. The van der Waals surface area contributed by atoms with Crippen LogP contribution in [0.1, 0.15) is 24.4 Å². The van der Waals surface area contributed by atoms with E-state index >= 15 is 0 Å². The summed E-state index contributed by atoms with van der Waals surface area (Å²) in [6.07, 6.45) is 0.794. The lowest BCUT2D eigenvalue weighted by atomic mass is 10.3. The Labute approximate surface area is 108 Å². The van der Waals surface area contributed by atoms with Crippen LogP contribution in [0, 0.1) is 0 Å². The van der Waals surface area contributed by atoms with E-state index in [4.69, 9.17) is 11.6 Å². The van der Waals surface area contributed by atoms with Crippen molar-refractivity contribution in [1.29, 1.82) is 0 Å². The molecule has 1 heterocycles. The van der Waals surface area contributed by atoms with Crippen molar-refractivity contribution in [3.63, 3.8) is 0 Å². The van der Waals surface area contributed by atoms with Crippen molar-refractivity contribution in [2.75, 3.05) is 0 Å². The zero-order valence-corrected chi connectivity index (χ0v) is 11.0. The number of hydrogen-bond donors (Lipinski definition) is 1. The number of rotatable bonds is 4. The minimum absolute atomic E-state index is 0.268. The molecule has 1 aromatic heterocycles. The van der Waals surface area contributed by atoms with Gasteiger partial charge in [-0.3, -0.25) is 8.98 Å². The molecule has 1 fully saturated rings. The summed E-state index contributed by atoms with van der Waals surface area (Å²) in [5, 5.41) is 0. The number of nitrogens with one attached hydrogen (secondary N) is 1. The Balaban J connectivity index is 2.18. The predicted molar refractivity (Wildman–Crippen MR) is 63.6 cm³/mol. The van der Waals surface area contributed by atoms with Crippen molar-refractivity contribution in [3.05, 3.63) is 34.2 Å². The van der Waals surface area contributed by atoms with Gasteiger partial charge in [0.15, 0.2) is 0 Å². The van der Waals surface area contributed by atoms with Crippen LogP contribution in [0.2, 0.25) is 0 Å². The second-order valence-electron chi connectivity index (χ2n) is 4.36. The topological polar surface area (TPSA) is 76.2 Å². The molecular formula is C10H11ClFNO4S. The lowest BCUT2D eigenvalue weighted by Crippen LogP contribution is -2.18. The van der Waals surface area contributed by atoms with Crippen LogP contribution >= 0.6 is 11.6 Å². The van der Waals surface area contributed by atoms with Crippen LogP contribution in [0.15, 0.2) is 23.1 Å². The molecule has 0 saturated heterocycles. The number of aromatic amines is 1. The van der Waals surface area contributed by atoms with Crippen LogP contribution in [-0.4, -0.2) is 24.4 Å². The third-order valence-electron chi connectivity index (χ3n) is 2.66. The van der Waals surface area contributed by atoms with E-state index in [-0.39, 0.29) is 5.56 Å². The fourth-order valence-corrected chi connectivity index (χ4v) is 2.84. The van der Waals surface area contributed by atoms with E-state index in [9.17, 15) is 17.6 Å². The molecule has 18 heavy (non-hydrogen) atoms. The summed E-state index contributed by atoms with van der Waals surface area (Å²) in [6.45, 7) is 1.61. The Morgan fingerprint density at radius 2 is 2.28 bits per heavy atom. The highest BCUT2D eigenvalue weighted by Crippen LogP contribution is 2.46. The monoisotopic (exact) mass is 295 g/mol. The molecule has 0 aliphatic heterocycles. The summed E-state index contributed by atoms with van der Waals surface area (Å²) >= 11 is 5.82. The summed E-state index contributed by atoms with van der Waals surface area (Å²) in [4.78, 5) is 12.5. The van der Waals surface area contributed by atoms with Crippen molar-refractivity contribution in [1.82, 2.24) is 4.98 Å². The second-order valence-corrected chi connectivity index (χ2v) is 6.82. The van der Waals surface area contributed by atoms with Crippen molar-refractivity contribution >= 4 is 21.7 Å². The molecule has 1 N–H and O–H groups in total. The highest BCUT2D eigenvalue weighted by Gasteiger charge is 2.53. The molecule has 2 rings (SSSR count). The SMILES string of the molecule is CC1(Cl)CC1OS(=O)(=O)C(F)c1cc[nH]c(=O)c1. The molecule has 1 saturated carbocycles. The summed E-state index contributed by atoms with van der Waals surface area (Å²) in [7, 11) is -4.44. The van der Waals surface area contributed by atoms with Gasteiger partial charge in [-0.05, 0) is 19.4 Å². The average Bonchev–Trinajstić information content (AvgIpc) is 2.83. The van der Waals surface area contributed by atoms with Gasteiger partial charge in [-0.25, -0.2) is 4.39 Å². The van der Waals surface area contributed by atoms with Gasteiger partial charge in [0.2, 0.25) is 5.56 Å². The van der Waals surface area contributed by atoms with Gasteiger partial charge in [0.05, 0.1) is 11.0 Å². The maximum atomic E-state index is 13.8. The van der Waals surface area contributed by atoms with E-state index in [2.05, 4.69) is 9.17 Å². The van der Waals surface area contributed by atoms with E-state index < -0.39 is 32.2 Å². The molecule has 100 valence electrons. The number of pyridine rings is 1. The van der Waals surface area contributed by atoms with Gasteiger partial charge in [-0.1, -0.05) is 0 Å². The summed E-state index contributed by atoms with van der Waals surface area (Å²) in [6, 6.07) is 2.04. The molecule has 1 aliphatic carbocycles.